The molecule has 1 N–H and O–H groups in total. The third kappa shape index (κ3) is 2.83. The van der Waals surface area contributed by atoms with E-state index in [1.54, 1.807) is 0 Å². The molecule has 1 aromatic heterocycles. The second-order valence-corrected chi connectivity index (χ2v) is 5.55. The minimum Gasteiger partial charge on any atom is -0.423 e. The molecule has 0 radical (unpaired) electrons. The molecule has 21 heavy (non-hydrogen) atoms. The van der Waals surface area contributed by atoms with Gasteiger partial charge in [-0.1, -0.05) is 0 Å². The van der Waals surface area contributed by atoms with Crippen LogP contribution < -0.4 is 10.2 Å². The highest BCUT2D eigenvalue weighted by atomic mass is 19.4. The van der Waals surface area contributed by atoms with Gasteiger partial charge in [-0.15, -0.1) is 0 Å². The summed E-state index contributed by atoms with van der Waals surface area (Å²) in [5.74, 6) is 0. The Labute approximate surface area is 119 Å². The van der Waals surface area contributed by atoms with Gasteiger partial charge in [0.2, 0.25) is 0 Å². The summed E-state index contributed by atoms with van der Waals surface area (Å²) in [7, 11) is 0. The van der Waals surface area contributed by atoms with Crippen LogP contribution in [-0.2, 0) is 6.18 Å². The molecular formula is C14H16F3N3O. The van der Waals surface area contributed by atoms with Crippen molar-refractivity contribution in [2.24, 2.45) is 0 Å². The van der Waals surface area contributed by atoms with Crippen LogP contribution in [0.25, 0.3) is 11.1 Å². The third-order valence-corrected chi connectivity index (χ3v) is 3.53. The van der Waals surface area contributed by atoms with Crippen molar-refractivity contribution in [1.29, 1.82) is 0 Å². The van der Waals surface area contributed by atoms with Crippen LogP contribution in [0.2, 0.25) is 0 Å². The first-order chi connectivity index (χ1) is 9.83. The van der Waals surface area contributed by atoms with E-state index in [9.17, 15) is 13.2 Å². The van der Waals surface area contributed by atoms with Gasteiger partial charge in [0.25, 0.3) is 6.01 Å². The predicted molar refractivity (Wildman–Crippen MR) is 73.3 cm³/mol. The van der Waals surface area contributed by atoms with Gasteiger partial charge in [0, 0.05) is 25.2 Å². The van der Waals surface area contributed by atoms with E-state index in [0.717, 1.165) is 12.1 Å². The number of hydrogen-bond donors (Lipinski definition) is 1. The largest absolute Gasteiger partial charge is 0.423 e. The van der Waals surface area contributed by atoms with Crippen LogP contribution in [0.1, 0.15) is 19.4 Å². The summed E-state index contributed by atoms with van der Waals surface area (Å²) in [5, 5.41) is 3.38. The Balaban J connectivity index is 1.94. The highest BCUT2D eigenvalue weighted by molar-refractivity contribution is 5.75. The number of fused-ring (bicyclic) bond motifs is 1. The Hall–Kier alpha value is -1.76. The van der Waals surface area contributed by atoms with Crippen LogP contribution in [0.15, 0.2) is 22.6 Å². The molecule has 1 aromatic carbocycles. The highest BCUT2D eigenvalue weighted by Crippen LogP contribution is 2.32. The molecule has 2 atom stereocenters. The molecule has 0 amide bonds. The molecule has 0 spiro atoms. The summed E-state index contributed by atoms with van der Waals surface area (Å²) in [6.45, 7) is 5.52. The molecule has 0 bridgehead atoms. The molecule has 1 saturated heterocycles. The van der Waals surface area contributed by atoms with Gasteiger partial charge in [0.15, 0.2) is 5.58 Å². The van der Waals surface area contributed by atoms with E-state index < -0.39 is 11.7 Å². The molecule has 1 fully saturated rings. The van der Waals surface area contributed by atoms with Crippen LogP contribution in [0, 0.1) is 0 Å². The van der Waals surface area contributed by atoms with E-state index in [1.165, 1.54) is 6.07 Å². The summed E-state index contributed by atoms with van der Waals surface area (Å²) in [4.78, 5) is 6.25. The van der Waals surface area contributed by atoms with E-state index in [0.29, 0.717) is 24.6 Å². The topological polar surface area (TPSA) is 41.3 Å². The lowest BCUT2D eigenvalue weighted by molar-refractivity contribution is -0.137. The van der Waals surface area contributed by atoms with Gasteiger partial charge in [-0.3, -0.25) is 0 Å². The zero-order chi connectivity index (χ0) is 15.2. The molecule has 3 rings (SSSR count). The first-order valence-electron chi connectivity index (χ1n) is 6.82. The van der Waals surface area contributed by atoms with Crippen molar-refractivity contribution in [3.8, 4) is 0 Å². The summed E-state index contributed by atoms with van der Waals surface area (Å²) in [6, 6.07) is 4.30. The maximum atomic E-state index is 12.7. The van der Waals surface area contributed by atoms with Crippen LogP contribution in [-0.4, -0.2) is 30.2 Å². The van der Waals surface area contributed by atoms with Crippen molar-refractivity contribution in [3.63, 3.8) is 0 Å². The lowest BCUT2D eigenvalue weighted by atomic mass is 10.2. The number of hydrogen-bond acceptors (Lipinski definition) is 4. The van der Waals surface area contributed by atoms with Gasteiger partial charge < -0.3 is 14.6 Å². The van der Waals surface area contributed by atoms with Crippen molar-refractivity contribution in [2.75, 3.05) is 18.0 Å². The second-order valence-electron chi connectivity index (χ2n) is 5.55. The Morgan fingerprint density at radius 3 is 2.52 bits per heavy atom. The average Bonchev–Trinajstić information content (AvgIpc) is 2.79. The Kier molecular flexibility index (Phi) is 3.32. The Morgan fingerprint density at radius 1 is 1.24 bits per heavy atom. The van der Waals surface area contributed by atoms with E-state index in [-0.39, 0.29) is 17.7 Å². The van der Waals surface area contributed by atoms with Gasteiger partial charge in [-0.05, 0) is 32.0 Å². The Bertz CT molecular complexity index is 642. The monoisotopic (exact) mass is 299 g/mol. The summed E-state index contributed by atoms with van der Waals surface area (Å²) >= 11 is 0. The maximum Gasteiger partial charge on any atom is 0.416 e. The minimum atomic E-state index is -4.38. The van der Waals surface area contributed by atoms with E-state index in [4.69, 9.17) is 4.42 Å². The van der Waals surface area contributed by atoms with Crippen molar-refractivity contribution in [1.82, 2.24) is 10.3 Å². The lowest BCUT2D eigenvalue weighted by Gasteiger charge is -2.35. The summed E-state index contributed by atoms with van der Waals surface area (Å²) in [5.41, 5.74) is -0.116. The molecule has 1 aliphatic rings. The fourth-order valence-electron chi connectivity index (χ4n) is 2.71. The molecule has 0 unspecified atom stereocenters. The quantitative estimate of drug-likeness (QED) is 0.879. The van der Waals surface area contributed by atoms with Crippen molar-refractivity contribution < 1.29 is 17.6 Å². The lowest BCUT2D eigenvalue weighted by Crippen LogP contribution is -2.54. The van der Waals surface area contributed by atoms with E-state index >= 15 is 0 Å². The number of halogens is 3. The highest BCUT2D eigenvalue weighted by Gasteiger charge is 2.31. The molecule has 1 aliphatic heterocycles. The van der Waals surface area contributed by atoms with Crippen molar-refractivity contribution in [3.05, 3.63) is 23.8 Å². The van der Waals surface area contributed by atoms with Crippen LogP contribution in [0.5, 0.6) is 0 Å². The number of nitrogens with one attached hydrogen (secondary N) is 1. The van der Waals surface area contributed by atoms with Gasteiger partial charge in [-0.25, -0.2) is 0 Å². The molecule has 4 nitrogen and oxygen atoms in total. The fraction of sp³-hybridized carbons (Fsp3) is 0.500. The zero-order valence-corrected chi connectivity index (χ0v) is 11.7. The number of nitrogens with zero attached hydrogens (tertiary/aromatic N) is 2. The predicted octanol–water partition coefficient (Wildman–Crippen LogP) is 3.03. The standard InChI is InChI=1S/C14H16F3N3O/c1-8-6-20(7-9(2)18-8)13-19-11-4-3-10(14(15,16)17)5-12(11)21-13/h3-5,8-9,18H,6-7H2,1-2H3/t8-,9+. The first kappa shape index (κ1) is 14.2. The average molecular weight is 299 g/mol. The number of alkyl halides is 3. The van der Waals surface area contributed by atoms with Gasteiger partial charge in [-0.2, -0.15) is 18.2 Å². The maximum absolute atomic E-state index is 12.7. The van der Waals surface area contributed by atoms with Crippen molar-refractivity contribution >= 4 is 17.1 Å². The van der Waals surface area contributed by atoms with Crippen LogP contribution in [0.4, 0.5) is 19.2 Å². The molecule has 114 valence electrons. The third-order valence-electron chi connectivity index (χ3n) is 3.53. The smallest absolute Gasteiger partial charge is 0.416 e. The minimum absolute atomic E-state index is 0.165. The number of piperazine rings is 1. The number of anilines is 1. The SMILES string of the molecule is C[C@@H]1CN(c2nc3ccc(C(F)(F)F)cc3o2)C[C@H](C)N1. The zero-order valence-electron chi connectivity index (χ0n) is 11.7. The van der Waals surface area contributed by atoms with Crippen molar-refractivity contribution in [2.45, 2.75) is 32.1 Å². The molecule has 0 saturated carbocycles. The fourth-order valence-corrected chi connectivity index (χ4v) is 2.71. The first-order valence-corrected chi connectivity index (χ1v) is 6.82. The van der Waals surface area contributed by atoms with Gasteiger partial charge in [0.1, 0.15) is 5.52 Å². The molecule has 2 heterocycles. The van der Waals surface area contributed by atoms with Gasteiger partial charge in [0.05, 0.1) is 5.56 Å². The normalized spacial score (nSPS) is 23.8. The molecule has 2 aromatic rings. The molecule has 0 aliphatic carbocycles. The summed E-state index contributed by atoms with van der Waals surface area (Å²) < 4.78 is 43.6. The number of oxazole rings is 1. The molecular weight excluding hydrogens is 283 g/mol. The van der Waals surface area contributed by atoms with E-state index in [2.05, 4.69) is 10.3 Å². The van der Waals surface area contributed by atoms with Crippen LogP contribution >= 0.6 is 0 Å². The number of aromatic nitrogens is 1. The molecule has 7 heteroatoms. The Morgan fingerprint density at radius 2 is 1.90 bits per heavy atom. The summed E-state index contributed by atoms with van der Waals surface area (Å²) in [6.07, 6.45) is -4.38. The van der Waals surface area contributed by atoms with Crippen LogP contribution in [0.3, 0.4) is 0 Å². The van der Waals surface area contributed by atoms with Gasteiger partial charge >= 0.3 is 6.18 Å². The number of benzene rings is 1. The second kappa shape index (κ2) is 4.91. The van der Waals surface area contributed by atoms with E-state index in [1.807, 2.05) is 18.7 Å². The number of rotatable bonds is 1.